The standard InChI is InChI=1S/C23H34N4O/c1-19-17-20(2)27(24-19)16-13-23(28)25(3)22-12-8-15-26(18-22)14-7-11-21-9-5-4-6-10-21/h4-6,9-10,17,22H,7-8,11-16,18H2,1-3H3. The Kier molecular flexibility index (Phi) is 7.26. The molecule has 1 aliphatic rings. The Balaban J connectivity index is 1.43. The van der Waals surface area contributed by atoms with Crippen LogP contribution in [0.2, 0.25) is 0 Å². The SMILES string of the molecule is Cc1cc(C)n(CCC(=O)N(C)C2CCCN(CCCc3ccccc3)C2)n1. The minimum Gasteiger partial charge on any atom is -0.341 e. The Morgan fingerprint density at radius 2 is 2.00 bits per heavy atom. The van der Waals surface area contributed by atoms with Crippen LogP contribution in [-0.2, 0) is 17.8 Å². The van der Waals surface area contributed by atoms with Crippen LogP contribution in [-0.4, -0.2) is 58.2 Å². The van der Waals surface area contributed by atoms with Crippen molar-refractivity contribution < 1.29 is 4.79 Å². The van der Waals surface area contributed by atoms with E-state index in [1.807, 2.05) is 30.5 Å². The van der Waals surface area contributed by atoms with Gasteiger partial charge in [0.2, 0.25) is 5.91 Å². The lowest BCUT2D eigenvalue weighted by Gasteiger charge is -2.37. The summed E-state index contributed by atoms with van der Waals surface area (Å²) in [7, 11) is 1.97. The highest BCUT2D eigenvalue weighted by atomic mass is 16.2. The van der Waals surface area contributed by atoms with E-state index in [2.05, 4.69) is 46.4 Å². The van der Waals surface area contributed by atoms with Gasteiger partial charge >= 0.3 is 0 Å². The predicted octanol–water partition coefficient (Wildman–Crippen LogP) is 3.45. The van der Waals surface area contributed by atoms with E-state index in [0.29, 0.717) is 19.0 Å². The molecule has 0 spiro atoms. The van der Waals surface area contributed by atoms with Crippen LogP contribution in [0.1, 0.15) is 42.6 Å². The fourth-order valence-electron chi connectivity index (χ4n) is 4.18. The third-order valence-electron chi connectivity index (χ3n) is 5.85. The van der Waals surface area contributed by atoms with E-state index in [0.717, 1.165) is 43.9 Å². The average Bonchev–Trinajstić information content (AvgIpc) is 3.03. The second-order valence-electron chi connectivity index (χ2n) is 8.09. The summed E-state index contributed by atoms with van der Waals surface area (Å²) in [6, 6.07) is 13.1. The second-order valence-corrected chi connectivity index (χ2v) is 8.09. The smallest absolute Gasteiger partial charge is 0.224 e. The summed E-state index contributed by atoms with van der Waals surface area (Å²) in [5, 5.41) is 4.46. The monoisotopic (exact) mass is 382 g/mol. The number of carbonyl (C=O) groups excluding carboxylic acids is 1. The van der Waals surface area contributed by atoms with Crippen molar-refractivity contribution in [3.63, 3.8) is 0 Å². The van der Waals surface area contributed by atoms with E-state index in [9.17, 15) is 4.79 Å². The number of rotatable bonds is 8. The number of aromatic nitrogens is 2. The molecule has 0 saturated carbocycles. The van der Waals surface area contributed by atoms with E-state index in [1.165, 1.54) is 18.4 Å². The highest BCUT2D eigenvalue weighted by Crippen LogP contribution is 2.17. The Labute approximate surface area is 169 Å². The first-order valence-electron chi connectivity index (χ1n) is 10.6. The van der Waals surface area contributed by atoms with E-state index < -0.39 is 0 Å². The number of hydrogen-bond acceptors (Lipinski definition) is 3. The molecular weight excluding hydrogens is 348 g/mol. The van der Waals surface area contributed by atoms with Gasteiger partial charge < -0.3 is 9.80 Å². The first kappa shape index (κ1) is 20.6. The summed E-state index contributed by atoms with van der Waals surface area (Å²) in [6.45, 7) is 7.96. The lowest BCUT2D eigenvalue weighted by molar-refractivity contribution is -0.133. The Morgan fingerprint density at radius 1 is 1.21 bits per heavy atom. The number of likely N-dealkylation sites (tertiary alicyclic amines) is 1. The van der Waals surface area contributed by atoms with Crippen LogP contribution in [0, 0.1) is 13.8 Å². The van der Waals surface area contributed by atoms with Crippen molar-refractivity contribution in [2.75, 3.05) is 26.7 Å². The van der Waals surface area contributed by atoms with Crippen LogP contribution in [0.15, 0.2) is 36.4 Å². The van der Waals surface area contributed by atoms with Crippen LogP contribution < -0.4 is 0 Å². The summed E-state index contributed by atoms with van der Waals surface area (Å²) in [6.07, 6.45) is 5.09. The minimum atomic E-state index is 0.226. The van der Waals surface area contributed by atoms with Crippen LogP contribution in [0.4, 0.5) is 0 Å². The number of hydrogen-bond donors (Lipinski definition) is 0. The van der Waals surface area contributed by atoms with Crippen molar-refractivity contribution in [2.45, 2.75) is 58.5 Å². The van der Waals surface area contributed by atoms with E-state index >= 15 is 0 Å². The molecule has 0 aliphatic carbocycles. The normalized spacial score (nSPS) is 17.6. The van der Waals surface area contributed by atoms with Gasteiger partial charge in [-0.15, -0.1) is 0 Å². The van der Waals surface area contributed by atoms with Crippen LogP contribution >= 0.6 is 0 Å². The predicted molar refractivity (Wildman–Crippen MR) is 113 cm³/mol. The number of aryl methyl sites for hydroxylation is 4. The number of nitrogens with zero attached hydrogens (tertiary/aromatic N) is 4. The number of carbonyl (C=O) groups is 1. The summed E-state index contributed by atoms with van der Waals surface area (Å²) < 4.78 is 1.94. The van der Waals surface area contributed by atoms with Gasteiger partial charge in [0.1, 0.15) is 0 Å². The quantitative estimate of drug-likeness (QED) is 0.702. The first-order valence-corrected chi connectivity index (χ1v) is 10.6. The molecule has 1 amide bonds. The Morgan fingerprint density at radius 3 is 2.71 bits per heavy atom. The molecule has 28 heavy (non-hydrogen) atoms. The van der Waals surface area contributed by atoms with Gasteiger partial charge in [0.05, 0.1) is 5.69 Å². The zero-order valence-electron chi connectivity index (χ0n) is 17.6. The third kappa shape index (κ3) is 5.68. The van der Waals surface area contributed by atoms with Gasteiger partial charge in [-0.3, -0.25) is 9.48 Å². The van der Waals surface area contributed by atoms with Crippen molar-refractivity contribution in [1.82, 2.24) is 19.6 Å². The Bertz CT molecular complexity index is 755. The molecule has 3 rings (SSSR count). The maximum atomic E-state index is 12.7. The summed E-state index contributed by atoms with van der Waals surface area (Å²) >= 11 is 0. The highest BCUT2D eigenvalue weighted by Gasteiger charge is 2.25. The molecule has 1 aliphatic heterocycles. The van der Waals surface area contributed by atoms with Crippen LogP contribution in [0.5, 0.6) is 0 Å². The number of benzene rings is 1. The summed E-state index contributed by atoms with van der Waals surface area (Å²) in [5.74, 6) is 0.226. The second kappa shape index (κ2) is 9.87. The lowest BCUT2D eigenvalue weighted by atomic mass is 10.0. The molecule has 1 aromatic heterocycles. The third-order valence-corrected chi connectivity index (χ3v) is 5.85. The van der Waals surface area contributed by atoms with Gasteiger partial charge in [0.25, 0.3) is 0 Å². The van der Waals surface area contributed by atoms with E-state index in [1.54, 1.807) is 0 Å². The van der Waals surface area contributed by atoms with Crippen molar-refractivity contribution in [2.24, 2.45) is 0 Å². The van der Waals surface area contributed by atoms with Gasteiger partial charge in [-0.05, 0) is 64.3 Å². The van der Waals surface area contributed by atoms with Gasteiger partial charge in [0, 0.05) is 38.3 Å². The molecule has 1 saturated heterocycles. The fraction of sp³-hybridized carbons (Fsp3) is 0.565. The zero-order chi connectivity index (χ0) is 19.9. The molecule has 1 atom stereocenters. The van der Waals surface area contributed by atoms with Crippen molar-refractivity contribution in [3.8, 4) is 0 Å². The molecule has 5 nitrogen and oxygen atoms in total. The van der Waals surface area contributed by atoms with Crippen molar-refractivity contribution >= 4 is 5.91 Å². The zero-order valence-corrected chi connectivity index (χ0v) is 17.6. The largest absolute Gasteiger partial charge is 0.341 e. The maximum Gasteiger partial charge on any atom is 0.224 e. The molecule has 1 aromatic carbocycles. The summed E-state index contributed by atoms with van der Waals surface area (Å²) in [5.41, 5.74) is 3.54. The average molecular weight is 383 g/mol. The number of amides is 1. The minimum absolute atomic E-state index is 0.226. The topological polar surface area (TPSA) is 41.4 Å². The lowest BCUT2D eigenvalue weighted by Crippen LogP contribution is -2.48. The molecule has 1 unspecified atom stereocenters. The van der Waals surface area contributed by atoms with Crippen molar-refractivity contribution in [3.05, 3.63) is 53.3 Å². The fourth-order valence-corrected chi connectivity index (χ4v) is 4.18. The number of likely N-dealkylation sites (N-methyl/N-ethyl adjacent to an activating group) is 1. The molecular formula is C23H34N4O. The summed E-state index contributed by atoms with van der Waals surface area (Å²) in [4.78, 5) is 17.2. The molecule has 2 heterocycles. The Hall–Kier alpha value is -2.14. The number of piperidine rings is 1. The van der Waals surface area contributed by atoms with Gasteiger partial charge in [-0.2, -0.15) is 5.10 Å². The van der Waals surface area contributed by atoms with E-state index in [4.69, 9.17) is 0 Å². The van der Waals surface area contributed by atoms with Crippen LogP contribution in [0.25, 0.3) is 0 Å². The molecule has 0 radical (unpaired) electrons. The molecule has 1 fully saturated rings. The first-order chi connectivity index (χ1) is 13.5. The van der Waals surface area contributed by atoms with Gasteiger partial charge in [-0.25, -0.2) is 0 Å². The molecule has 0 bridgehead atoms. The maximum absolute atomic E-state index is 12.7. The van der Waals surface area contributed by atoms with Gasteiger partial charge in [0.15, 0.2) is 0 Å². The highest BCUT2D eigenvalue weighted by molar-refractivity contribution is 5.76. The van der Waals surface area contributed by atoms with Gasteiger partial charge in [-0.1, -0.05) is 30.3 Å². The molecule has 2 aromatic rings. The molecule has 0 N–H and O–H groups in total. The van der Waals surface area contributed by atoms with Crippen molar-refractivity contribution in [1.29, 1.82) is 0 Å². The van der Waals surface area contributed by atoms with E-state index in [-0.39, 0.29) is 5.91 Å². The van der Waals surface area contributed by atoms with Crippen LogP contribution in [0.3, 0.4) is 0 Å². The molecule has 5 heteroatoms. The molecule has 152 valence electrons.